The van der Waals surface area contributed by atoms with Crippen molar-refractivity contribution in [3.8, 4) is 10.6 Å². The van der Waals surface area contributed by atoms with Crippen molar-refractivity contribution < 1.29 is 9.90 Å². The van der Waals surface area contributed by atoms with Crippen LogP contribution in [0.3, 0.4) is 0 Å². The Morgan fingerprint density at radius 1 is 1.23 bits per heavy atom. The Hall–Kier alpha value is -1.72. The van der Waals surface area contributed by atoms with E-state index in [1.807, 2.05) is 29.6 Å². The van der Waals surface area contributed by atoms with E-state index >= 15 is 0 Å². The molecule has 0 spiro atoms. The molecule has 0 radical (unpaired) electrons. The molecule has 0 unspecified atom stereocenters. The number of anilines is 1. The lowest BCUT2D eigenvalue weighted by Gasteiger charge is -2.31. The van der Waals surface area contributed by atoms with Crippen LogP contribution in [0.2, 0.25) is 0 Å². The number of nitrogens with zero attached hydrogens (tertiary/aromatic N) is 1. The van der Waals surface area contributed by atoms with E-state index in [9.17, 15) is 9.90 Å². The van der Waals surface area contributed by atoms with Crippen LogP contribution in [0.4, 0.5) is 5.69 Å². The van der Waals surface area contributed by atoms with Gasteiger partial charge in [-0.1, -0.05) is 19.3 Å². The van der Waals surface area contributed by atoms with Gasteiger partial charge in [-0.25, -0.2) is 4.98 Å². The van der Waals surface area contributed by atoms with Gasteiger partial charge in [0.1, 0.15) is 5.01 Å². The van der Waals surface area contributed by atoms with E-state index < -0.39 is 5.60 Å². The summed E-state index contributed by atoms with van der Waals surface area (Å²) < 4.78 is 0. The number of rotatable bonds is 4. The minimum absolute atomic E-state index is 0.119. The number of carbonyl (C=O) groups is 1. The molecule has 116 valence electrons. The molecule has 1 aromatic heterocycles. The molecule has 0 bridgehead atoms. The minimum Gasteiger partial charge on any atom is -0.389 e. The van der Waals surface area contributed by atoms with Crippen molar-refractivity contribution in [2.24, 2.45) is 0 Å². The molecule has 1 fully saturated rings. The van der Waals surface area contributed by atoms with Gasteiger partial charge in [0.25, 0.3) is 0 Å². The molecule has 5 heteroatoms. The molecule has 2 N–H and O–H groups in total. The number of aliphatic hydroxyl groups is 1. The average molecular weight is 316 g/mol. The molecule has 1 aliphatic carbocycles. The molecule has 1 amide bonds. The Bertz CT molecular complexity index is 617. The fourth-order valence-electron chi connectivity index (χ4n) is 2.95. The number of hydrogen-bond acceptors (Lipinski definition) is 4. The molecule has 22 heavy (non-hydrogen) atoms. The van der Waals surface area contributed by atoms with Gasteiger partial charge in [-0.15, -0.1) is 11.3 Å². The van der Waals surface area contributed by atoms with Gasteiger partial charge in [-0.2, -0.15) is 0 Å². The van der Waals surface area contributed by atoms with Crippen LogP contribution in [0, 0.1) is 0 Å². The van der Waals surface area contributed by atoms with E-state index in [2.05, 4.69) is 10.3 Å². The van der Waals surface area contributed by atoms with Crippen molar-refractivity contribution in [1.29, 1.82) is 0 Å². The van der Waals surface area contributed by atoms with Crippen LogP contribution >= 0.6 is 11.3 Å². The predicted molar refractivity (Wildman–Crippen MR) is 88.8 cm³/mol. The van der Waals surface area contributed by atoms with Gasteiger partial charge in [0.2, 0.25) is 5.91 Å². The maximum atomic E-state index is 12.1. The van der Waals surface area contributed by atoms with Gasteiger partial charge in [0.05, 0.1) is 12.0 Å². The highest BCUT2D eigenvalue weighted by molar-refractivity contribution is 7.13. The first kappa shape index (κ1) is 15.2. The smallest absolute Gasteiger partial charge is 0.227 e. The van der Waals surface area contributed by atoms with Gasteiger partial charge in [0.15, 0.2) is 0 Å². The Kier molecular flexibility index (Phi) is 4.55. The van der Waals surface area contributed by atoms with E-state index in [1.54, 1.807) is 17.5 Å². The van der Waals surface area contributed by atoms with Crippen LogP contribution in [0.1, 0.15) is 38.5 Å². The van der Waals surface area contributed by atoms with Crippen LogP contribution in [-0.4, -0.2) is 21.6 Å². The van der Waals surface area contributed by atoms with Gasteiger partial charge >= 0.3 is 0 Å². The lowest BCUT2D eigenvalue weighted by atomic mass is 9.82. The van der Waals surface area contributed by atoms with Crippen molar-refractivity contribution >= 4 is 22.9 Å². The van der Waals surface area contributed by atoms with Crippen LogP contribution in [-0.2, 0) is 4.79 Å². The summed E-state index contributed by atoms with van der Waals surface area (Å²) in [6.45, 7) is 0. The number of aromatic nitrogens is 1. The highest BCUT2D eigenvalue weighted by atomic mass is 32.1. The molecule has 0 aliphatic heterocycles. The second kappa shape index (κ2) is 6.58. The maximum Gasteiger partial charge on any atom is 0.227 e. The summed E-state index contributed by atoms with van der Waals surface area (Å²) in [5, 5.41) is 16.2. The Labute approximate surface area is 134 Å². The van der Waals surface area contributed by atoms with Gasteiger partial charge in [-0.05, 0) is 37.1 Å². The molecule has 0 saturated heterocycles. The number of carbonyl (C=O) groups excluding carboxylic acids is 1. The molecule has 3 rings (SSSR count). The van der Waals surface area contributed by atoms with Gasteiger partial charge in [0, 0.05) is 22.8 Å². The monoisotopic (exact) mass is 316 g/mol. The zero-order chi connectivity index (χ0) is 15.4. The molecular formula is C17H20N2O2S. The van der Waals surface area contributed by atoms with Crippen molar-refractivity contribution in [2.45, 2.75) is 44.1 Å². The number of amides is 1. The zero-order valence-corrected chi connectivity index (χ0v) is 13.2. The third-order valence-corrected chi connectivity index (χ3v) is 4.94. The summed E-state index contributed by atoms with van der Waals surface area (Å²) in [4.78, 5) is 16.4. The number of thiazole rings is 1. The SMILES string of the molecule is O=C(CC1(O)CCCCC1)Nc1ccc(-c2nccs2)cc1. The summed E-state index contributed by atoms with van der Waals surface area (Å²) in [6, 6.07) is 7.65. The van der Waals surface area contributed by atoms with Gasteiger partial charge < -0.3 is 10.4 Å². The minimum atomic E-state index is -0.816. The summed E-state index contributed by atoms with van der Waals surface area (Å²) in [7, 11) is 0. The Balaban J connectivity index is 1.59. The van der Waals surface area contributed by atoms with Crippen molar-refractivity contribution in [3.63, 3.8) is 0 Å². The van der Waals surface area contributed by atoms with Crippen molar-refractivity contribution in [1.82, 2.24) is 4.98 Å². The van der Waals surface area contributed by atoms with E-state index in [-0.39, 0.29) is 12.3 Å². The summed E-state index contributed by atoms with van der Waals surface area (Å²) >= 11 is 1.59. The van der Waals surface area contributed by atoms with E-state index in [1.165, 1.54) is 0 Å². The van der Waals surface area contributed by atoms with Crippen molar-refractivity contribution in [2.75, 3.05) is 5.32 Å². The largest absolute Gasteiger partial charge is 0.389 e. The third-order valence-electron chi connectivity index (χ3n) is 4.12. The van der Waals surface area contributed by atoms with E-state index in [0.29, 0.717) is 0 Å². The molecule has 0 atom stereocenters. The molecule has 4 nitrogen and oxygen atoms in total. The fraction of sp³-hybridized carbons (Fsp3) is 0.412. The summed E-state index contributed by atoms with van der Waals surface area (Å²) in [5.41, 5.74) is 0.979. The first-order valence-electron chi connectivity index (χ1n) is 7.67. The second-order valence-electron chi connectivity index (χ2n) is 5.92. The average Bonchev–Trinajstić information content (AvgIpc) is 3.02. The lowest BCUT2D eigenvalue weighted by molar-refractivity contribution is -0.122. The standard InChI is InChI=1S/C17H20N2O2S/c20-15(12-17(21)8-2-1-3-9-17)19-14-6-4-13(5-7-14)16-18-10-11-22-16/h4-7,10-11,21H,1-3,8-9,12H2,(H,19,20). The quantitative estimate of drug-likeness (QED) is 0.901. The van der Waals surface area contributed by atoms with Crippen LogP contribution in [0.15, 0.2) is 35.8 Å². The molecule has 2 aromatic rings. The number of benzene rings is 1. The van der Waals surface area contributed by atoms with E-state index in [0.717, 1.165) is 48.4 Å². The van der Waals surface area contributed by atoms with Crippen LogP contribution in [0.25, 0.3) is 10.6 Å². The predicted octanol–water partition coefficient (Wildman–Crippen LogP) is 3.83. The first-order chi connectivity index (χ1) is 10.6. The first-order valence-corrected chi connectivity index (χ1v) is 8.55. The van der Waals surface area contributed by atoms with Crippen molar-refractivity contribution in [3.05, 3.63) is 35.8 Å². The number of nitrogens with one attached hydrogen (secondary N) is 1. The van der Waals surface area contributed by atoms with E-state index in [4.69, 9.17) is 0 Å². The van der Waals surface area contributed by atoms with Crippen LogP contribution in [0.5, 0.6) is 0 Å². The summed E-state index contributed by atoms with van der Waals surface area (Å²) in [6.07, 6.45) is 6.58. The highest BCUT2D eigenvalue weighted by Crippen LogP contribution is 2.31. The Morgan fingerprint density at radius 2 is 1.95 bits per heavy atom. The molecule has 1 aromatic carbocycles. The zero-order valence-electron chi connectivity index (χ0n) is 12.4. The highest BCUT2D eigenvalue weighted by Gasteiger charge is 2.31. The summed E-state index contributed by atoms with van der Waals surface area (Å²) in [5.74, 6) is -0.119. The number of hydrogen-bond donors (Lipinski definition) is 2. The van der Waals surface area contributed by atoms with Crippen LogP contribution < -0.4 is 5.32 Å². The topological polar surface area (TPSA) is 62.2 Å². The van der Waals surface area contributed by atoms with Gasteiger partial charge in [-0.3, -0.25) is 4.79 Å². The molecule has 1 heterocycles. The molecular weight excluding hydrogens is 296 g/mol. The normalized spacial score (nSPS) is 17.1. The Morgan fingerprint density at radius 3 is 2.59 bits per heavy atom. The second-order valence-corrected chi connectivity index (χ2v) is 6.82. The maximum absolute atomic E-state index is 12.1. The lowest BCUT2D eigenvalue weighted by Crippen LogP contribution is -2.35. The fourth-order valence-corrected chi connectivity index (χ4v) is 3.60. The molecule has 1 aliphatic rings. The third kappa shape index (κ3) is 3.72. The molecule has 1 saturated carbocycles.